The van der Waals surface area contributed by atoms with E-state index in [1.807, 2.05) is 11.8 Å². The average molecular weight is 519 g/mol. The number of rotatable bonds is 5. The van der Waals surface area contributed by atoms with Gasteiger partial charge in [0, 0.05) is 67.5 Å². The zero-order valence-electron chi connectivity index (χ0n) is 22.1. The Hall–Kier alpha value is -3.52. The van der Waals surface area contributed by atoms with Crippen LogP contribution in [0.5, 0.6) is 0 Å². The van der Waals surface area contributed by atoms with Crippen molar-refractivity contribution >= 4 is 28.5 Å². The smallest absolute Gasteiger partial charge is 0.294 e. The number of halogens is 1. The summed E-state index contributed by atoms with van der Waals surface area (Å²) < 4.78 is 13.3. The zero-order chi connectivity index (χ0) is 26.8. The van der Waals surface area contributed by atoms with Crippen molar-refractivity contribution < 1.29 is 18.8 Å². The second kappa shape index (κ2) is 11.1. The minimum atomic E-state index is -0.523. The van der Waals surface area contributed by atoms with Crippen LogP contribution in [0.3, 0.4) is 0 Å². The minimum Gasteiger partial charge on any atom is -0.360 e. The fraction of sp³-hybridized carbons (Fsp3) is 0.433. The van der Waals surface area contributed by atoms with Gasteiger partial charge in [0.25, 0.3) is 11.8 Å². The average Bonchev–Trinajstić information content (AvgIpc) is 3.15. The number of Topliss-reactive ketones (excluding diaryl/α,β-unsaturated/α-hetero) is 1. The van der Waals surface area contributed by atoms with E-state index in [1.165, 1.54) is 12.1 Å². The van der Waals surface area contributed by atoms with E-state index in [4.69, 9.17) is 0 Å². The van der Waals surface area contributed by atoms with E-state index in [2.05, 4.69) is 16.8 Å². The number of nitrogens with one attached hydrogen (secondary N) is 1. The highest BCUT2D eigenvalue weighted by atomic mass is 19.1. The van der Waals surface area contributed by atoms with Gasteiger partial charge in [-0.25, -0.2) is 4.39 Å². The van der Waals surface area contributed by atoms with Crippen LogP contribution in [-0.2, 0) is 11.3 Å². The Morgan fingerprint density at radius 1 is 0.921 bits per heavy atom. The summed E-state index contributed by atoms with van der Waals surface area (Å²) in [5.41, 5.74) is 2.60. The number of nitrogens with zero attached hydrogens (tertiary/aromatic N) is 3. The van der Waals surface area contributed by atoms with E-state index in [0.29, 0.717) is 49.2 Å². The molecule has 5 rings (SSSR count). The number of fused-ring (bicyclic) bond motifs is 1. The number of aromatic nitrogens is 1. The lowest BCUT2D eigenvalue weighted by molar-refractivity contribution is -0.126. The largest absolute Gasteiger partial charge is 0.360 e. The number of hydrogen-bond acceptors (Lipinski definition) is 4. The number of hydrogen-bond donors (Lipinski definition) is 1. The maximum Gasteiger partial charge on any atom is 0.294 e. The van der Waals surface area contributed by atoms with Crippen LogP contribution < -0.4 is 0 Å². The first-order chi connectivity index (χ1) is 18.3. The number of aromatic amines is 1. The number of carbonyl (C=O) groups is 3. The first-order valence-electron chi connectivity index (χ1n) is 13.6. The summed E-state index contributed by atoms with van der Waals surface area (Å²) in [4.78, 5) is 48.7. The maximum atomic E-state index is 13.7. The molecule has 38 heavy (non-hydrogen) atoms. The van der Waals surface area contributed by atoms with Crippen molar-refractivity contribution in [2.45, 2.75) is 58.2 Å². The van der Waals surface area contributed by atoms with Crippen molar-refractivity contribution in [2.24, 2.45) is 0 Å². The van der Waals surface area contributed by atoms with Gasteiger partial charge in [0.2, 0.25) is 5.78 Å². The second-order valence-corrected chi connectivity index (χ2v) is 10.7. The van der Waals surface area contributed by atoms with Crippen molar-refractivity contribution in [1.82, 2.24) is 19.7 Å². The van der Waals surface area contributed by atoms with Gasteiger partial charge in [-0.2, -0.15) is 0 Å². The Morgan fingerprint density at radius 2 is 1.63 bits per heavy atom. The fourth-order valence-electron chi connectivity index (χ4n) is 5.66. The molecule has 7 nitrogen and oxygen atoms in total. The van der Waals surface area contributed by atoms with Gasteiger partial charge in [0.1, 0.15) is 5.82 Å². The minimum absolute atomic E-state index is 0.0291. The van der Waals surface area contributed by atoms with Crippen molar-refractivity contribution in [1.29, 1.82) is 0 Å². The Morgan fingerprint density at radius 3 is 2.34 bits per heavy atom. The van der Waals surface area contributed by atoms with Gasteiger partial charge >= 0.3 is 0 Å². The molecule has 2 aromatic carbocycles. The maximum absolute atomic E-state index is 13.7. The van der Waals surface area contributed by atoms with Crippen LogP contribution in [0.2, 0.25) is 0 Å². The summed E-state index contributed by atoms with van der Waals surface area (Å²) >= 11 is 0. The first-order valence-corrected chi connectivity index (χ1v) is 13.6. The highest BCUT2D eigenvalue weighted by Crippen LogP contribution is 2.26. The Bertz CT molecular complexity index is 1330. The van der Waals surface area contributed by atoms with Gasteiger partial charge in [0.15, 0.2) is 0 Å². The molecular weight excluding hydrogens is 483 g/mol. The molecule has 1 aromatic heterocycles. The van der Waals surface area contributed by atoms with Crippen molar-refractivity contribution in [2.75, 3.05) is 26.2 Å². The van der Waals surface area contributed by atoms with E-state index < -0.39 is 11.7 Å². The quantitative estimate of drug-likeness (QED) is 0.395. The van der Waals surface area contributed by atoms with Crippen LogP contribution in [0.15, 0.2) is 48.7 Å². The molecule has 2 fully saturated rings. The van der Waals surface area contributed by atoms with Gasteiger partial charge in [-0.05, 0) is 62.6 Å². The molecule has 2 aliphatic rings. The molecule has 0 saturated carbocycles. The van der Waals surface area contributed by atoms with Crippen LogP contribution in [-0.4, -0.2) is 75.5 Å². The summed E-state index contributed by atoms with van der Waals surface area (Å²) in [6, 6.07) is 11.7. The van der Waals surface area contributed by atoms with E-state index >= 15 is 0 Å². The van der Waals surface area contributed by atoms with Gasteiger partial charge < -0.3 is 14.8 Å². The number of benzene rings is 2. The van der Waals surface area contributed by atoms with Crippen molar-refractivity contribution in [3.05, 3.63) is 71.2 Å². The summed E-state index contributed by atoms with van der Waals surface area (Å²) in [7, 11) is 0. The second-order valence-electron chi connectivity index (χ2n) is 10.7. The predicted octanol–water partition coefficient (Wildman–Crippen LogP) is 4.63. The third kappa shape index (κ3) is 5.36. The molecular formula is C30H35FN4O3. The summed E-state index contributed by atoms with van der Waals surface area (Å²) in [6.07, 6.45) is 5.69. The molecule has 2 saturated heterocycles. The molecule has 200 valence electrons. The number of likely N-dealkylation sites (tertiary alicyclic amines) is 1. The molecule has 2 atom stereocenters. The van der Waals surface area contributed by atoms with Gasteiger partial charge in [0.05, 0.1) is 5.56 Å². The highest BCUT2D eigenvalue weighted by Gasteiger charge is 2.33. The lowest BCUT2D eigenvalue weighted by Gasteiger charge is -2.44. The number of carbonyl (C=O) groups excluding carboxylic acids is 3. The van der Waals surface area contributed by atoms with Gasteiger partial charge in [-0.1, -0.05) is 25.0 Å². The highest BCUT2D eigenvalue weighted by molar-refractivity contribution is 6.43. The van der Waals surface area contributed by atoms with E-state index in [1.54, 1.807) is 41.4 Å². The van der Waals surface area contributed by atoms with E-state index in [9.17, 15) is 18.8 Å². The molecule has 0 aliphatic carbocycles. The molecule has 2 aliphatic heterocycles. The molecule has 3 heterocycles. The van der Waals surface area contributed by atoms with E-state index in [-0.39, 0.29) is 23.8 Å². The summed E-state index contributed by atoms with van der Waals surface area (Å²) in [5.74, 6) is -1.33. The number of ketones is 1. The molecule has 8 heteroatoms. The van der Waals surface area contributed by atoms with Crippen LogP contribution in [0.4, 0.5) is 4.39 Å². The lowest BCUT2D eigenvalue weighted by Crippen LogP contribution is -2.57. The van der Waals surface area contributed by atoms with Crippen LogP contribution in [0.25, 0.3) is 10.9 Å². The monoisotopic (exact) mass is 518 g/mol. The summed E-state index contributed by atoms with van der Waals surface area (Å²) in [6.45, 7) is 7.30. The van der Waals surface area contributed by atoms with Crippen molar-refractivity contribution in [3.63, 3.8) is 0 Å². The van der Waals surface area contributed by atoms with Crippen LogP contribution in [0.1, 0.15) is 65.8 Å². The Labute approximate surface area is 222 Å². The normalized spacial score (nSPS) is 20.9. The topological polar surface area (TPSA) is 76.7 Å². The first kappa shape index (κ1) is 26.1. The molecule has 0 spiro atoms. The van der Waals surface area contributed by atoms with Crippen LogP contribution in [0, 0.1) is 5.82 Å². The van der Waals surface area contributed by atoms with Gasteiger partial charge in [-0.3, -0.25) is 19.3 Å². The summed E-state index contributed by atoms with van der Waals surface area (Å²) in [5, 5.41) is 0.651. The SMILES string of the molecule is C[C@@H]1CN(Cc2ccc(F)cc2)[C@@H](C)CN1C(=O)c1c[nH]c2ccc(C(=O)C(=O)N3CCCCCC3)cc12. The molecule has 0 unspecified atom stereocenters. The zero-order valence-corrected chi connectivity index (χ0v) is 22.1. The number of H-pyrrole nitrogens is 1. The third-order valence-electron chi connectivity index (χ3n) is 7.94. The van der Waals surface area contributed by atoms with E-state index in [0.717, 1.165) is 36.8 Å². The third-order valence-corrected chi connectivity index (χ3v) is 7.94. The predicted molar refractivity (Wildman–Crippen MR) is 144 cm³/mol. The Kier molecular flexibility index (Phi) is 7.61. The molecule has 2 amide bonds. The molecule has 0 bridgehead atoms. The molecule has 1 N–H and O–H groups in total. The molecule has 3 aromatic rings. The van der Waals surface area contributed by atoms with Crippen LogP contribution >= 0.6 is 0 Å². The number of amides is 2. The fourth-order valence-corrected chi connectivity index (χ4v) is 5.66. The Balaban J connectivity index is 1.32. The number of piperazine rings is 1. The standard InChI is InChI=1S/C30H35FN4O3/c1-20-18-35(21(2)17-34(20)19-22-7-10-24(31)11-8-22)29(37)26-16-32-27-12-9-23(15-25(26)27)28(36)30(38)33-13-5-3-4-6-14-33/h7-12,15-16,20-21,32H,3-6,13-14,17-19H2,1-2H3/t20-,21+/m0/s1. The van der Waals surface area contributed by atoms with Gasteiger partial charge in [-0.15, -0.1) is 0 Å². The molecule has 0 radical (unpaired) electrons. The van der Waals surface area contributed by atoms with Crippen molar-refractivity contribution in [3.8, 4) is 0 Å². The lowest BCUT2D eigenvalue weighted by atomic mass is 10.0.